The van der Waals surface area contributed by atoms with Gasteiger partial charge in [0, 0.05) is 40.6 Å². The number of rotatable bonds is 5. The quantitative estimate of drug-likeness (QED) is 0.248. The number of hydrogen-bond donors (Lipinski definition) is 3. The lowest BCUT2D eigenvalue weighted by Gasteiger charge is -2.15. The number of aromatic amines is 2. The molecule has 4 aromatic rings. The van der Waals surface area contributed by atoms with E-state index in [-0.39, 0.29) is 23.3 Å². The number of anilines is 2. The van der Waals surface area contributed by atoms with Crippen molar-refractivity contribution in [3.05, 3.63) is 82.8 Å². The first-order valence-corrected chi connectivity index (χ1v) is 13.9. The Morgan fingerprint density at radius 1 is 1.12 bits per heavy atom. The summed E-state index contributed by atoms with van der Waals surface area (Å²) in [6.07, 6.45) is 3.18. The highest BCUT2D eigenvalue weighted by molar-refractivity contribution is 5.97. The highest BCUT2D eigenvalue weighted by Gasteiger charge is 2.42. The van der Waals surface area contributed by atoms with Crippen LogP contribution in [0, 0.1) is 31.5 Å². The lowest BCUT2D eigenvalue weighted by molar-refractivity contribution is -0.391. The molecule has 4 N–H and O–H groups in total. The van der Waals surface area contributed by atoms with Crippen molar-refractivity contribution >= 4 is 23.7 Å². The summed E-state index contributed by atoms with van der Waals surface area (Å²) in [5.41, 5.74) is 6.01. The fourth-order valence-corrected chi connectivity index (χ4v) is 6.03. The zero-order chi connectivity index (χ0) is 28.8. The van der Waals surface area contributed by atoms with Crippen LogP contribution < -0.4 is 15.6 Å². The van der Waals surface area contributed by atoms with E-state index in [1.807, 2.05) is 25.1 Å². The van der Waals surface area contributed by atoms with Crippen molar-refractivity contribution in [1.82, 2.24) is 9.97 Å². The summed E-state index contributed by atoms with van der Waals surface area (Å²) in [4.78, 5) is 35.8. The number of pyridine rings is 1. The van der Waals surface area contributed by atoms with Gasteiger partial charge in [0.1, 0.15) is 23.7 Å². The summed E-state index contributed by atoms with van der Waals surface area (Å²) in [5, 5.41) is 5.68. The Hall–Kier alpha value is -4.40. The van der Waals surface area contributed by atoms with Gasteiger partial charge in [0.25, 0.3) is 0 Å². The number of carbonyl (C=O) groups excluding carboxylic acids is 2. The molecule has 0 spiro atoms. The first-order chi connectivity index (χ1) is 19.7. The van der Waals surface area contributed by atoms with E-state index in [0.717, 1.165) is 35.6 Å². The van der Waals surface area contributed by atoms with E-state index in [0.29, 0.717) is 52.5 Å². The van der Waals surface area contributed by atoms with Crippen LogP contribution in [0.15, 0.2) is 48.7 Å². The van der Waals surface area contributed by atoms with E-state index in [9.17, 15) is 14.0 Å². The standard InChI is InChI=1S/C32H31F2N5O2/c1-16-4-7-23(17(2)33)29(30(16)34)19-5-9-26(35-14-19)25-11-20-10-21(20)12-28(41)38-27-13-22(36-15-40)6-8-24(27)31-18(3)37-32(25)39-31/h4-9,13-15,17,20-21,25H,10-12H2,1-3H3,(H,36,40)(H,37,39)(H,38,41)/p+1. The molecule has 4 atom stereocenters. The summed E-state index contributed by atoms with van der Waals surface area (Å²) in [6.45, 7) is 5.03. The molecule has 6 rings (SSSR count). The summed E-state index contributed by atoms with van der Waals surface area (Å²) in [7, 11) is 0. The van der Waals surface area contributed by atoms with Crippen molar-refractivity contribution in [2.45, 2.75) is 52.1 Å². The third-order valence-electron chi connectivity index (χ3n) is 8.36. The number of hydrogen-bond acceptors (Lipinski definition) is 3. The maximum Gasteiger partial charge on any atom is 0.224 e. The number of amides is 2. The topological polar surface area (TPSA) is 101 Å². The molecule has 1 aliphatic heterocycles. The fourth-order valence-electron chi connectivity index (χ4n) is 6.03. The molecule has 2 aromatic heterocycles. The SMILES string of the molecule is Cc1ccc(C(C)F)c(-c2ccc(C3CC4CC4CC(=O)Nc4cc(NC=O)ccc4-c4nc3[nH]c4C)[nH+]c2)c1F. The van der Waals surface area contributed by atoms with Crippen molar-refractivity contribution in [2.75, 3.05) is 10.6 Å². The number of aryl methyl sites for hydroxylation is 2. The lowest BCUT2D eigenvalue weighted by Crippen LogP contribution is -2.19. The second-order valence-electron chi connectivity index (χ2n) is 11.2. The minimum Gasteiger partial charge on any atom is -0.345 e. The molecule has 1 aliphatic carbocycles. The number of halogens is 2. The van der Waals surface area contributed by atoms with Crippen molar-refractivity contribution in [3.8, 4) is 22.4 Å². The van der Waals surface area contributed by atoms with Crippen LogP contribution in [0.5, 0.6) is 0 Å². The Morgan fingerprint density at radius 2 is 1.95 bits per heavy atom. The van der Waals surface area contributed by atoms with Gasteiger partial charge < -0.3 is 15.6 Å². The molecule has 1 fully saturated rings. The van der Waals surface area contributed by atoms with Crippen LogP contribution >= 0.6 is 0 Å². The molecule has 3 heterocycles. The normalized spacial score (nSPS) is 20.5. The molecule has 4 unspecified atom stereocenters. The Kier molecular flexibility index (Phi) is 6.89. The van der Waals surface area contributed by atoms with E-state index < -0.39 is 12.0 Å². The van der Waals surface area contributed by atoms with Gasteiger partial charge in [0.15, 0.2) is 11.9 Å². The number of nitrogens with zero attached hydrogens (tertiary/aromatic N) is 1. The number of H-pyrrole nitrogens is 2. The monoisotopic (exact) mass is 556 g/mol. The number of carbonyl (C=O) groups is 2. The average molecular weight is 557 g/mol. The van der Waals surface area contributed by atoms with Gasteiger partial charge in [-0.3, -0.25) is 9.59 Å². The van der Waals surface area contributed by atoms with Gasteiger partial charge in [-0.1, -0.05) is 12.1 Å². The van der Waals surface area contributed by atoms with Crippen LogP contribution in [0.1, 0.15) is 66.6 Å². The minimum absolute atomic E-state index is 0.0680. The molecule has 210 valence electrons. The van der Waals surface area contributed by atoms with Gasteiger partial charge in [-0.15, -0.1) is 0 Å². The lowest BCUT2D eigenvalue weighted by atomic mass is 9.92. The third kappa shape index (κ3) is 5.12. The molecule has 7 nitrogen and oxygen atoms in total. The van der Waals surface area contributed by atoms with Gasteiger partial charge in [0.2, 0.25) is 12.3 Å². The van der Waals surface area contributed by atoms with Gasteiger partial charge in [-0.25, -0.2) is 18.7 Å². The maximum absolute atomic E-state index is 15.2. The zero-order valence-corrected chi connectivity index (χ0v) is 23.1. The molecular formula is C32H32F2N5O2+. The van der Waals surface area contributed by atoms with Gasteiger partial charge in [0.05, 0.1) is 11.4 Å². The van der Waals surface area contributed by atoms with E-state index in [1.165, 1.54) is 6.92 Å². The van der Waals surface area contributed by atoms with Crippen molar-refractivity contribution in [3.63, 3.8) is 0 Å². The number of fused-ring (bicyclic) bond motifs is 5. The van der Waals surface area contributed by atoms with Crippen LogP contribution in [0.4, 0.5) is 20.2 Å². The van der Waals surface area contributed by atoms with Crippen molar-refractivity contribution in [2.24, 2.45) is 11.8 Å². The molecule has 0 saturated heterocycles. The number of nitrogens with one attached hydrogen (secondary N) is 4. The Labute approximate surface area is 236 Å². The van der Waals surface area contributed by atoms with E-state index in [2.05, 4.69) is 20.6 Å². The highest BCUT2D eigenvalue weighted by Crippen LogP contribution is 2.49. The number of aromatic nitrogens is 3. The van der Waals surface area contributed by atoms with Gasteiger partial charge >= 0.3 is 0 Å². The first-order valence-electron chi connectivity index (χ1n) is 13.9. The van der Waals surface area contributed by atoms with Crippen LogP contribution in [0.3, 0.4) is 0 Å². The van der Waals surface area contributed by atoms with Crippen molar-refractivity contribution < 1.29 is 23.4 Å². The van der Waals surface area contributed by atoms with Gasteiger partial charge in [-0.2, -0.15) is 0 Å². The molecule has 2 amide bonds. The van der Waals surface area contributed by atoms with E-state index in [4.69, 9.17) is 4.98 Å². The summed E-state index contributed by atoms with van der Waals surface area (Å²) in [5.74, 6) is 0.802. The Bertz CT molecular complexity index is 1650. The predicted molar refractivity (Wildman–Crippen MR) is 152 cm³/mol. The van der Waals surface area contributed by atoms with E-state index in [1.54, 1.807) is 37.4 Å². The third-order valence-corrected chi connectivity index (χ3v) is 8.36. The van der Waals surface area contributed by atoms with Crippen LogP contribution in [0.2, 0.25) is 0 Å². The molecule has 9 heteroatoms. The second-order valence-corrected chi connectivity index (χ2v) is 11.2. The minimum atomic E-state index is -1.31. The zero-order valence-electron chi connectivity index (χ0n) is 23.1. The van der Waals surface area contributed by atoms with E-state index >= 15 is 4.39 Å². The van der Waals surface area contributed by atoms with Crippen LogP contribution in [-0.4, -0.2) is 22.3 Å². The summed E-state index contributed by atoms with van der Waals surface area (Å²) in [6, 6.07) is 12.4. The molecular weight excluding hydrogens is 524 g/mol. The maximum atomic E-state index is 15.2. The van der Waals surface area contributed by atoms with Crippen LogP contribution in [-0.2, 0) is 9.59 Å². The highest BCUT2D eigenvalue weighted by atomic mass is 19.1. The van der Waals surface area contributed by atoms with Crippen LogP contribution in [0.25, 0.3) is 22.4 Å². The molecule has 0 radical (unpaired) electrons. The molecule has 2 bridgehead atoms. The Morgan fingerprint density at radius 3 is 2.68 bits per heavy atom. The Balaban J connectivity index is 1.42. The smallest absolute Gasteiger partial charge is 0.224 e. The summed E-state index contributed by atoms with van der Waals surface area (Å²) < 4.78 is 29.6. The largest absolute Gasteiger partial charge is 0.345 e. The number of benzene rings is 2. The molecule has 41 heavy (non-hydrogen) atoms. The van der Waals surface area contributed by atoms with Crippen molar-refractivity contribution in [1.29, 1.82) is 0 Å². The molecule has 2 aromatic carbocycles. The van der Waals surface area contributed by atoms with Gasteiger partial charge in [-0.05, 0) is 80.8 Å². The second kappa shape index (κ2) is 10.5. The molecule has 2 aliphatic rings. The first kappa shape index (κ1) is 26.8. The average Bonchev–Trinajstić information content (AvgIpc) is 3.55. The predicted octanol–water partition coefficient (Wildman–Crippen LogP) is 6.41. The summed E-state index contributed by atoms with van der Waals surface area (Å²) >= 11 is 0. The number of alkyl halides is 1. The number of imidazole rings is 1. The fraction of sp³-hybridized carbons (Fsp3) is 0.312. The molecule has 1 saturated carbocycles.